The first-order valence-electron chi connectivity index (χ1n) is 6.71. The molecule has 1 aromatic rings. The van der Waals surface area contributed by atoms with Crippen molar-refractivity contribution in [1.82, 2.24) is 10.2 Å². The first-order valence-corrected chi connectivity index (χ1v) is 7.65. The number of hydrogen-bond acceptors (Lipinski definition) is 3. The second-order valence-corrected chi connectivity index (χ2v) is 5.78. The monoisotopic (exact) mass is 280 g/mol. The van der Waals surface area contributed by atoms with Crippen LogP contribution in [0.5, 0.6) is 0 Å². The lowest BCUT2D eigenvalue weighted by molar-refractivity contribution is -0.151. The Balaban J connectivity index is 2.24. The molecule has 1 N–H and O–H groups in total. The minimum absolute atomic E-state index is 0.0349. The van der Waals surface area contributed by atoms with E-state index in [2.05, 4.69) is 5.32 Å². The fourth-order valence-electron chi connectivity index (χ4n) is 2.54. The molecule has 3 atom stereocenters. The van der Waals surface area contributed by atoms with Gasteiger partial charge in [0.1, 0.15) is 12.1 Å². The Bertz CT molecular complexity index is 458. The standard InChI is InChI=1S/C14H20N2O2S/c1-4-5-12-14(18)16(10(3)13(17)15-12)9(2)11-6-7-19-8-11/h6-10,12H,4-5H2,1-3H3,(H,15,17). The van der Waals surface area contributed by atoms with Gasteiger partial charge in [-0.15, -0.1) is 0 Å². The second kappa shape index (κ2) is 5.74. The van der Waals surface area contributed by atoms with Gasteiger partial charge in [0, 0.05) is 0 Å². The van der Waals surface area contributed by atoms with Gasteiger partial charge in [-0.3, -0.25) is 9.59 Å². The summed E-state index contributed by atoms with van der Waals surface area (Å²) in [4.78, 5) is 26.3. The molecule has 4 nitrogen and oxygen atoms in total. The number of piperazine rings is 1. The number of hydrogen-bond donors (Lipinski definition) is 1. The number of rotatable bonds is 4. The fraction of sp³-hybridized carbons (Fsp3) is 0.571. The van der Waals surface area contributed by atoms with Gasteiger partial charge in [-0.25, -0.2) is 0 Å². The maximum atomic E-state index is 12.5. The Labute approximate surface area is 117 Å². The Morgan fingerprint density at radius 1 is 1.47 bits per heavy atom. The third kappa shape index (κ3) is 2.66. The number of nitrogens with zero attached hydrogens (tertiary/aromatic N) is 1. The van der Waals surface area contributed by atoms with E-state index in [1.807, 2.05) is 30.7 Å². The van der Waals surface area contributed by atoms with E-state index in [9.17, 15) is 9.59 Å². The van der Waals surface area contributed by atoms with Crippen molar-refractivity contribution in [2.24, 2.45) is 0 Å². The van der Waals surface area contributed by atoms with Crippen molar-refractivity contribution in [2.75, 3.05) is 0 Å². The second-order valence-electron chi connectivity index (χ2n) is 5.00. The van der Waals surface area contributed by atoms with Gasteiger partial charge < -0.3 is 10.2 Å². The zero-order chi connectivity index (χ0) is 14.0. The number of carbonyl (C=O) groups is 2. The van der Waals surface area contributed by atoms with Crippen molar-refractivity contribution < 1.29 is 9.59 Å². The van der Waals surface area contributed by atoms with E-state index in [0.29, 0.717) is 6.42 Å². The van der Waals surface area contributed by atoms with Crippen LogP contribution in [0.3, 0.4) is 0 Å². The molecule has 0 saturated carbocycles. The highest BCUT2D eigenvalue weighted by Crippen LogP contribution is 2.27. The van der Waals surface area contributed by atoms with Crippen LogP contribution in [0.2, 0.25) is 0 Å². The molecule has 5 heteroatoms. The highest BCUT2D eigenvalue weighted by atomic mass is 32.1. The molecule has 1 aromatic heterocycles. The largest absolute Gasteiger partial charge is 0.343 e. The Hall–Kier alpha value is -1.36. The number of amides is 2. The minimum Gasteiger partial charge on any atom is -0.343 e. The van der Waals surface area contributed by atoms with E-state index >= 15 is 0 Å². The lowest BCUT2D eigenvalue weighted by Crippen LogP contribution is -2.62. The topological polar surface area (TPSA) is 49.4 Å². The average molecular weight is 280 g/mol. The van der Waals surface area contributed by atoms with Crippen LogP contribution in [0, 0.1) is 0 Å². The molecule has 104 valence electrons. The van der Waals surface area contributed by atoms with E-state index in [1.54, 1.807) is 23.2 Å². The molecule has 0 aromatic carbocycles. The van der Waals surface area contributed by atoms with Gasteiger partial charge in [-0.1, -0.05) is 13.3 Å². The number of thiophene rings is 1. The van der Waals surface area contributed by atoms with Crippen LogP contribution in [0.4, 0.5) is 0 Å². The normalized spacial score (nSPS) is 25.3. The fourth-order valence-corrected chi connectivity index (χ4v) is 3.28. The summed E-state index contributed by atoms with van der Waals surface area (Å²) in [7, 11) is 0. The van der Waals surface area contributed by atoms with Crippen LogP contribution in [0.25, 0.3) is 0 Å². The van der Waals surface area contributed by atoms with E-state index in [0.717, 1.165) is 12.0 Å². The van der Waals surface area contributed by atoms with Crippen molar-refractivity contribution in [2.45, 2.75) is 51.7 Å². The Kier molecular flexibility index (Phi) is 4.24. The van der Waals surface area contributed by atoms with E-state index in [-0.39, 0.29) is 23.9 Å². The molecule has 0 bridgehead atoms. The van der Waals surface area contributed by atoms with Gasteiger partial charge in [-0.2, -0.15) is 11.3 Å². The molecule has 0 spiro atoms. The Morgan fingerprint density at radius 3 is 2.79 bits per heavy atom. The molecule has 1 aliphatic rings. The van der Waals surface area contributed by atoms with Crippen LogP contribution >= 0.6 is 11.3 Å². The van der Waals surface area contributed by atoms with Gasteiger partial charge in [-0.05, 0) is 42.7 Å². The summed E-state index contributed by atoms with van der Waals surface area (Å²) >= 11 is 1.61. The zero-order valence-electron chi connectivity index (χ0n) is 11.6. The van der Waals surface area contributed by atoms with Crippen molar-refractivity contribution in [3.8, 4) is 0 Å². The summed E-state index contributed by atoms with van der Waals surface area (Å²) in [5.74, 6) is -0.0206. The third-order valence-corrected chi connectivity index (χ3v) is 4.39. The van der Waals surface area contributed by atoms with Crippen LogP contribution in [-0.2, 0) is 9.59 Å². The first-order chi connectivity index (χ1) is 9.06. The van der Waals surface area contributed by atoms with Crippen molar-refractivity contribution in [1.29, 1.82) is 0 Å². The lowest BCUT2D eigenvalue weighted by Gasteiger charge is -2.40. The summed E-state index contributed by atoms with van der Waals surface area (Å²) in [6.45, 7) is 5.79. The SMILES string of the molecule is CCCC1NC(=O)C(C)N(C(C)c2ccsc2)C1=O. The smallest absolute Gasteiger partial charge is 0.246 e. The van der Waals surface area contributed by atoms with Crippen LogP contribution < -0.4 is 5.32 Å². The molecule has 1 saturated heterocycles. The summed E-state index contributed by atoms with van der Waals surface area (Å²) < 4.78 is 0. The molecule has 2 heterocycles. The Morgan fingerprint density at radius 2 is 2.21 bits per heavy atom. The predicted molar refractivity (Wildman–Crippen MR) is 75.9 cm³/mol. The van der Waals surface area contributed by atoms with E-state index in [4.69, 9.17) is 0 Å². The minimum atomic E-state index is -0.407. The molecular weight excluding hydrogens is 260 g/mol. The van der Waals surface area contributed by atoms with Crippen LogP contribution in [-0.4, -0.2) is 28.8 Å². The van der Waals surface area contributed by atoms with Gasteiger partial charge in [0.25, 0.3) is 0 Å². The van der Waals surface area contributed by atoms with Crippen molar-refractivity contribution in [3.05, 3.63) is 22.4 Å². The third-order valence-electron chi connectivity index (χ3n) is 3.69. The summed E-state index contributed by atoms with van der Waals surface area (Å²) in [6.07, 6.45) is 1.58. The number of carbonyl (C=O) groups excluding carboxylic acids is 2. The molecule has 3 unspecified atom stereocenters. The molecule has 0 radical (unpaired) electrons. The lowest BCUT2D eigenvalue weighted by atomic mass is 10.0. The molecule has 2 rings (SSSR count). The predicted octanol–water partition coefficient (Wildman–Crippen LogP) is 2.32. The first kappa shape index (κ1) is 14.1. The molecule has 1 aliphatic heterocycles. The molecular formula is C14H20N2O2S. The van der Waals surface area contributed by atoms with Crippen LogP contribution in [0.15, 0.2) is 16.8 Å². The molecule has 19 heavy (non-hydrogen) atoms. The van der Waals surface area contributed by atoms with Crippen molar-refractivity contribution >= 4 is 23.2 Å². The molecule has 0 aliphatic carbocycles. The van der Waals surface area contributed by atoms with Gasteiger partial charge in [0.15, 0.2) is 0 Å². The van der Waals surface area contributed by atoms with Crippen LogP contribution in [0.1, 0.15) is 45.2 Å². The van der Waals surface area contributed by atoms with Gasteiger partial charge >= 0.3 is 0 Å². The highest BCUT2D eigenvalue weighted by Gasteiger charge is 2.40. The van der Waals surface area contributed by atoms with E-state index < -0.39 is 6.04 Å². The maximum Gasteiger partial charge on any atom is 0.246 e. The highest BCUT2D eigenvalue weighted by molar-refractivity contribution is 7.07. The molecule has 2 amide bonds. The summed E-state index contributed by atoms with van der Waals surface area (Å²) in [5, 5.41) is 6.85. The quantitative estimate of drug-likeness (QED) is 0.920. The summed E-state index contributed by atoms with van der Waals surface area (Å²) in [6, 6.07) is 1.18. The average Bonchev–Trinajstić information content (AvgIpc) is 2.90. The maximum absolute atomic E-state index is 12.5. The van der Waals surface area contributed by atoms with Gasteiger partial charge in [0.05, 0.1) is 6.04 Å². The van der Waals surface area contributed by atoms with E-state index in [1.165, 1.54) is 0 Å². The van der Waals surface area contributed by atoms with Gasteiger partial charge in [0.2, 0.25) is 11.8 Å². The van der Waals surface area contributed by atoms with Crippen molar-refractivity contribution in [3.63, 3.8) is 0 Å². The number of nitrogens with one attached hydrogen (secondary N) is 1. The summed E-state index contributed by atoms with van der Waals surface area (Å²) in [5.41, 5.74) is 1.09. The zero-order valence-corrected chi connectivity index (χ0v) is 12.4. The molecule has 1 fully saturated rings.